The summed E-state index contributed by atoms with van der Waals surface area (Å²) in [4.78, 5) is 48.8. The molecule has 1 saturated heterocycles. The summed E-state index contributed by atoms with van der Waals surface area (Å²) in [5, 5.41) is 0.252. The molecule has 41 heavy (non-hydrogen) atoms. The summed E-state index contributed by atoms with van der Waals surface area (Å²) in [6.45, 7) is 7.07. The molecule has 218 valence electrons. The summed E-state index contributed by atoms with van der Waals surface area (Å²) in [6.07, 6.45) is 2.50. The van der Waals surface area contributed by atoms with Crippen LogP contribution in [0.4, 0.5) is 5.69 Å². The van der Waals surface area contributed by atoms with Crippen LogP contribution in [0.5, 0.6) is 11.5 Å². The molecular weight excluding hydrogens is 544 g/mol. The van der Waals surface area contributed by atoms with E-state index in [1.807, 2.05) is 23.1 Å². The molecule has 2 aromatic carbocycles. The number of fused-ring (bicyclic) bond motifs is 2. The molecule has 10 nitrogen and oxygen atoms in total. The molecule has 1 atom stereocenters. The molecule has 2 aliphatic heterocycles. The van der Waals surface area contributed by atoms with Crippen molar-refractivity contribution < 1.29 is 23.8 Å². The second-order valence-corrected chi connectivity index (χ2v) is 11.2. The number of para-hydroxylation sites is 1. The number of hydrogen-bond acceptors (Lipinski definition) is 9. The van der Waals surface area contributed by atoms with Gasteiger partial charge in [0.1, 0.15) is 5.25 Å². The van der Waals surface area contributed by atoms with Crippen molar-refractivity contribution in [2.45, 2.75) is 56.5 Å². The molecule has 0 saturated carbocycles. The van der Waals surface area contributed by atoms with Crippen LogP contribution in [0.2, 0.25) is 0 Å². The van der Waals surface area contributed by atoms with E-state index in [2.05, 4.69) is 24.0 Å². The number of hydrogen-bond donors (Lipinski definition) is 0. The number of aromatic nitrogens is 2. The first-order chi connectivity index (χ1) is 20.0. The normalized spacial score (nSPS) is 15.3. The Morgan fingerprint density at radius 3 is 2.49 bits per heavy atom. The van der Waals surface area contributed by atoms with Crippen molar-refractivity contribution in [3.63, 3.8) is 0 Å². The number of benzene rings is 2. The van der Waals surface area contributed by atoms with Gasteiger partial charge in [0.15, 0.2) is 16.7 Å². The molecule has 0 spiro atoms. The van der Waals surface area contributed by atoms with E-state index in [0.717, 1.165) is 31.6 Å². The van der Waals surface area contributed by atoms with Crippen LogP contribution >= 0.6 is 11.8 Å². The van der Waals surface area contributed by atoms with Gasteiger partial charge in [-0.1, -0.05) is 49.7 Å². The first-order valence-corrected chi connectivity index (χ1v) is 15.1. The quantitative estimate of drug-likeness (QED) is 0.189. The number of carbonyl (C=O) groups excluding carboxylic acids is 2. The van der Waals surface area contributed by atoms with E-state index in [0.29, 0.717) is 47.1 Å². The number of carbonyl (C=O) groups is 2. The second kappa shape index (κ2) is 13.3. The summed E-state index contributed by atoms with van der Waals surface area (Å²) in [6, 6.07) is 13.5. The van der Waals surface area contributed by atoms with Gasteiger partial charge in [0, 0.05) is 50.9 Å². The molecular formula is C30H36N4O6S. The molecule has 5 rings (SSSR count). The fourth-order valence-electron chi connectivity index (χ4n) is 5.07. The van der Waals surface area contributed by atoms with Crippen molar-refractivity contribution in [2.75, 3.05) is 44.5 Å². The van der Waals surface area contributed by atoms with E-state index in [-0.39, 0.29) is 43.8 Å². The maximum Gasteiger partial charge on any atom is 0.319 e. The maximum atomic E-state index is 13.8. The molecule has 1 amide bonds. The second-order valence-electron chi connectivity index (χ2n) is 10.0. The Morgan fingerprint density at radius 2 is 1.78 bits per heavy atom. The predicted molar refractivity (Wildman–Crippen MR) is 158 cm³/mol. The van der Waals surface area contributed by atoms with Crippen molar-refractivity contribution >= 4 is 40.2 Å². The van der Waals surface area contributed by atoms with Gasteiger partial charge in [-0.05, 0) is 31.5 Å². The van der Waals surface area contributed by atoms with Crippen molar-refractivity contribution in [2.24, 2.45) is 0 Å². The third kappa shape index (κ3) is 6.61. The molecule has 1 unspecified atom stereocenters. The van der Waals surface area contributed by atoms with Gasteiger partial charge in [-0.25, -0.2) is 4.98 Å². The molecule has 3 heterocycles. The zero-order valence-electron chi connectivity index (χ0n) is 23.5. The monoisotopic (exact) mass is 580 g/mol. The van der Waals surface area contributed by atoms with Gasteiger partial charge in [0.05, 0.1) is 17.5 Å². The molecule has 0 aliphatic carbocycles. The van der Waals surface area contributed by atoms with Crippen molar-refractivity contribution in [3.05, 3.63) is 52.8 Å². The van der Waals surface area contributed by atoms with E-state index in [4.69, 9.17) is 19.2 Å². The zero-order valence-corrected chi connectivity index (χ0v) is 24.4. The average molecular weight is 581 g/mol. The largest absolute Gasteiger partial charge is 0.465 e. The standard InChI is InChI=1S/C30H36N4O6S/c1-3-5-11-26(29(37)38-4-2)41-30-31-23-19-25-24(39-20-40-25)18-22(23)28(36)34(30)13-12-27(35)33-16-14-32(15-17-33)21-9-7-6-8-10-21/h6-10,18-19,26H,3-5,11-17,20H2,1-2H3. The molecule has 0 radical (unpaired) electrons. The SMILES string of the molecule is CCCCC(Sc1nc2cc3c(cc2c(=O)n1CCC(=O)N1CCN(c2ccccc2)CC1)OCO3)C(=O)OCC. The average Bonchev–Trinajstić information content (AvgIpc) is 3.46. The van der Waals surface area contributed by atoms with Gasteiger partial charge in [0.2, 0.25) is 12.7 Å². The van der Waals surface area contributed by atoms with Gasteiger partial charge in [-0.15, -0.1) is 0 Å². The van der Waals surface area contributed by atoms with Crippen LogP contribution in [0.15, 0.2) is 52.4 Å². The first kappa shape index (κ1) is 28.8. The number of nitrogens with zero attached hydrogens (tertiary/aromatic N) is 4. The summed E-state index contributed by atoms with van der Waals surface area (Å²) in [7, 11) is 0. The predicted octanol–water partition coefficient (Wildman–Crippen LogP) is 4.08. The van der Waals surface area contributed by atoms with Crippen LogP contribution in [-0.4, -0.2) is 71.2 Å². The van der Waals surface area contributed by atoms with Crippen LogP contribution in [-0.2, 0) is 20.9 Å². The molecule has 3 aromatic rings. The number of anilines is 1. The van der Waals surface area contributed by atoms with Crippen LogP contribution < -0.4 is 19.9 Å². The van der Waals surface area contributed by atoms with E-state index in [9.17, 15) is 14.4 Å². The number of unbranched alkanes of at least 4 members (excludes halogenated alkanes) is 1. The van der Waals surface area contributed by atoms with Gasteiger partial charge in [-0.3, -0.25) is 19.0 Å². The number of piperazine rings is 1. The number of ether oxygens (including phenoxy) is 3. The number of esters is 1. The highest BCUT2D eigenvalue weighted by Gasteiger charge is 2.27. The highest BCUT2D eigenvalue weighted by Crippen LogP contribution is 2.36. The van der Waals surface area contributed by atoms with E-state index < -0.39 is 5.25 Å². The Balaban J connectivity index is 1.37. The lowest BCUT2D eigenvalue weighted by Gasteiger charge is -2.36. The first-order valence-electron chi connectivity index (χ1n) is 14.2. The van der Waals surface area contributed by atoms with Crippen LogP contribution in [0.3, 0.4) is 0 Å². The molecule has 1 fully saturated rings. The summed E-state index contributed by atoms with van der Waals surface area (Å²) in [5.74, 6) is 0.670. The third-order valence-corrected chi connectivity index (χ3v) is 8.57. The lowest BCUT2D eigenvalue weighted by atomic mass is 10.2. The summed E-state index contributed by atoms with van der Waals surface area (Å²) in [5.41, 5.74) is 1.32. The van der Waals surface area contributed by atoms with E-state index >= 15 is 0 Å². The van der Waals surface area contributed by atoms with Crippen LogP contribution in [0.1, 0.15) is 39.5 Å². The van der Waals surface area contributed by atoms with Crippen LogP contribution in [0, 0.1) is 0 Å². The summed E-state index contributed by atoms with van der Waals surface area (Å²) < 4.78 is 17.8. The molecule has 2 aliphatic rings. The Bertz CT molecular complexity index is 1440. The molecule has 0 bridgehead atoms. The Labute approximate surface area is 243 Å². The number of amides is 1. The lowest BCUT2D eigenvalue weighted by Crippen LogP contribution is -2.49. The van der Waals surface area contributed by atoms with Crippen molar-refractivity contribution in [1.82, 2.24) is 14.5 Å². The third-order valence-electron chi connectivity index (χ3n) is 7.33. The molecule has 0 N–H and O–H groups in total. The van der Waals surface area contributed by atoms with Gasteiger partial charge in [0.25, 0.3) is 5.56 Å². The Hall–Kier alpha value is -3.73. The lowest BCUT2D eigenvalue weighted by molar-refractivity contribution is -0.142. The van der Waals surface area contributed by atoms with E-state index in [1.165, 1.54) is 16.3 Å². The van der Waals surface area contributed by atoms with Gasteiger partial charge >= 0.3 is 5.97 Å². The number of rotatable bonds is 11. The highest BCUT2D eigenvalue weighted by atomic mass is 32.2. The van der Waals surface area contributed by atoms with Crippen LogP contribution in [0.25, 0.3) is 10.9 Å². The minimum Gasteiger partial charge on any atom is -0.465 e. The fourth-order valence-corrected chi connectivity index (χ4v) is 6.23. The Morgan fingerprint density at radius 1 is 1.05 bits per heavy atom. The van der Waals surface area contributed by atoms with E-state index in [1.54, 1.807) is 19.1 Å². The maximum absolute atomic E-state index is 13.8. The minimum absolute atomic E-state index is 0.0146. The molecule has 1 aromatic heterocycles. The summed E-state index contributed by atoms with van der Waals surface area (Å²) >= 11 is 1.22. The zero-order chi connectivity index (χ0) is 28.8. The fraction of sp³-hybridized carbons (Fsp3) is 0.467. The number of thioether (sulfide) groups is 1. The van der Waals surface area contributed by atoms with Gasteiger partial charge < -0.3 is 24.0 Å². The van der Waals surface area contributed by atoms with Gasteiger partial charge in [-0.2, -0.15) is 0 Å². The highest BCUT2D eigenvalue weighted by molar-refractivity contribution is 8.00. The van der Waals surface area contributed by atoms with Crippen molar-refractivity contribution in [1.29, 1.82) is 0 Å². The topological polar surface area (TPSA) is 103 Å². The van der Waals surface area contributed by atoms with Crippen molar-refractivity contribution in [3.8, 4) is 11.5 Å². The smallest absolute Gasteiger partial charge is 0.319 e. The molecule has 11 heteroatoms. The Kier molecular flexibility index (Phi) is 9.33. The minimum atomic E-state index is -0.513.